The van der Waals surface area contributed by atoms with Gasteiger partial charge in [-0.15, -0.1) is 0 Å². The van der Waals surface area contributed by atoms with E-state index in [0.29, 0.717) is 27.0 Å². The number of carbonyl (C=O) groups is 1. The van der Waals surface area contributed by atoms with E-state index >= 15 is 0 Å². The number of Topliss-reactive ketones (excluding diaryl/α,β-unsaturated/α-hetero) is 1. The number of hydrogen-bond acceptors (Lipinski definition) is 3. The van der Waals surface area contributed by atoms with Gasteiger partial charge in [-0.2, -0.15) is 0 Å². The maximum atomic E-state index is 13.2. The molecule has 20 heavy (non-hydrogen) atoms. The maximum absolute atomic E-state index is 13.2. The molecule has 0 fully saturated rings. The van der Waals surface area contributed by atoms with E-state index in [1.165, 1.54) is 13.2 Å². The fourth-order valence-corrected chi connectivity index (χ4v) is 2.32. The number of methoxy groups -OCH3 is 1. The third-order valence-electron chi connectivity index (χ3n) is 2.94. The van der Waals surface area contributed by atoms with Gasteiger partial charge in [0, 0.05) is 12.0 Å². The number of rotatable bonds is 4. The van der Waals surface area contributed by atoms with Crippen LogP contribution in [0.1, 0.15) is 15.9 Å². The number of halogens is 2. The molecule has 0 heterocycles. The van der Waals surface area contributed by atoms with Gasteiger partial charge in [0.25, 0.3) is 0 Å². The standard InChI is InChI=1S/C15H13BrFNO2/c1-20-14-4-2-3-10(15(14)18)13(19)8-9-5-6-12(17)11(16)7-9/h2-7H,8,18H2,1H3. The van der Waals surface area contributed by atoms with Crippen molar-refractivity contribution in [3.8, 4) is 5.75 Å². The lowest BCUT2D eigenvalue weighted by Gasteiger charge is -2.09. The third kappa shape index (κ3) is 2.99. The monoisotopic (exact) mass is 337 g/mol. The van der Waals surface area contributed by atoms with E-state index in [1.54, 1.807) is 30.3 Å². The Morgan fingerprint density at radius 3 is 2.75 bits per heavy atom. The molecule has 0 spiro atoms. The van der Waals surface area contributed by atoms with Crippen molar-refractivity contribution in [3.05, 3.63) is 57.8 Å². The molecule has 0 saturated heterocycles. The van der Waals surface area contributed by atoms with Crippen LogP contribution in [0, 0.1) is 5.82 Å². The number of anilines is 1. The van der Waals surface area contributed by atoms with Gasteiger partial charge in [-0.25, -0.2) is 4.39 Å². The Kier molecular flexibility index (Phi) is 4.39. The van der Waals surface area contributed by atoms with Gasteiger partial charge in [0.15, 0.2) is 5.78 Å². The topological polar surface area (TPSA) is 52.3 Å². The highest BCUT2D eigenvalue weighted by atomic mass is 79.9. The molecule has 2 rings (SSSR count). The van der Waals surface area contributed by atoms with Gasteiger partial charge in [0.1, 0.15) is 11.6 Å². The van der Waals surface area contributed by atoms with Crippen molar-refractivity contribution in [2.24, 2.45) is 0 Å². The molecule has 5 heteroatoms. The molecule has 0 aromatic heterocycles. The molecule has 0 unspecified atom stereocenters. The molecular formula is C15H13BrFNO2. The van der Waals surface area contributed by atoms with E-state index < -0.39 is 0 Å². The molecule has 0 aliphatic rings. The summed E-state index contributed by atoms with van der Waals surface area (Å²) in [5.74, 6) is -0.0295. The number of ether oxygens (including phenoxy) is 1. The summed E-state index contributed by atoms with van der Waals surface area (Å²) in [5, 5.41) is 0. The zero-order valence-electron chi connectivity index (χ0n) is 10.8. The Hall–Kier alpha value is -1.88. The normalized spacial score (nSPS) is 10.3. The van der Waals surface area contributed by atoms with Crippen LogP contribution in [0.25, 0.3) is 0 Å². The number of hydrogen-bond donors (Lipinski definition) is 1. The molecule has 0 saturated carbocycles. The van der Waals surface area contributed by atoms with Crippen molar-refractivity contribution in [2.45, 2.75) is 6.42 Å². The summed E-state index contributed by atoms with van der Waals surface area (Å²) in [6, 6.07) is 9.54. The highest BCUT2D eigenvalue weighted by Gasteiger charge is 2.14. The van der Waals surface area contributed by atoms with E-state index in [4.69, 9.17) is 10.5 Å². The van der Waals surface area contributed by atoms with E-state index in [0.717, 1.165) is 0 Å². The molecule has 0 atom stereocenters. The lowest BCUT2D eigenvalue weighted by Crippen LogP contribution is -2.08. The first kappa shape index (κ1) is 14.5. The second kappa shape index (κ2) is 6.05. The van der Waals surface area contributed by atoms with Gasteiger partial charge in [0.05, 0.1) is 17.3 Å². The predicted octanol–water partition coefficient (Wildman–Crippen LogP) is 3.60. The van der Waals surface area contributed by atoms with Crippen LogP contribution in [-0.2, 0) is 6.42 Å². The van der Waals surface area contributed by atoms with Crippen molar-refractivity contribution >= 4 is 27.4 Å². The number of ketones is 1. The van der Waals surface area contributed by atoms with Gasteiger partial charge >= 0.3 is 0 Å². The largest absolute Gasteiger partial charge is 0.495 e. The van der Waals surface area contributed by atoms with E-state index in [-0.39, 0.29) is 18.0 Å². The first-order valence-electron chi connectivity index (χ1n) is 5.92. The van der Waals surface area contributed by atoms with Crippen LogP contribution in [0.2, 0.25) is 0 Å². The second-order valence-electron chi connectivity index (χ2n) is 4.27. The molecule has 0 aliphatic carbocycles. The fraction of sp³-hybridized carbons (Fsp3) is 0.133. The first-order valence-corrected chi connectivity index (χ1v) is 6.72. The number of para-hydroxylation sites is 1. The summed E-state index contributed by atoms with van der Waals surface area (Å²) in [6.45, 7) is 0. The van der Waals surface area contributed by atoms with Crippen molar-refractivity contribution < 1.29 is 13.9 Å². The highest BCUT2D eigenvalue weighted by molar-refractivity contribution is 9.10. The van der Waals surface area contributed by atoms with E-state index in [1.807, 2.05) is 0 Å². The second-order valence-corrected chi connectivity index (χ2v) is 5.12. The Labute approximate surface area is 124 Å². The van der Waals surface area contributed by atoms with Gasteiger partial charge in [-0.05, 0) is 45.8 Å². The summed E-state index contributed by atoms with van der Waals surface area (Å²) in [5.41, 5.74) is 7.33. The quantitative estimate of drug-likeness (QED) is 0.685. The van der Waals surface area contributed by atoms with Gasteiger partial charge < -0.3 is 10.5 Å². The summed E-state index contributed by atoms with van der Waals surface area (Å²) in [4.78, 5) is 12.3. The third-order valence-corrected chi connectivity index (χ3v) is 3.54. The molecule has 0 radical (unpaired) electrons. The van der Waals surface area contributed by atoms with Crippen molar-refractivity contribution in [3.63, 3.8) is 0 Å². The van der Waals surface area contributed by atoms with Crippen LogP contribution >= 0.6 is 15.9 Å². The molecule has 0 amide bonds. The Bertz CT molecular complexity index is 658. The molecule has 2 N–H and O–H groups in total. The molecule has 2 aromatic rings. The van der Waals surface area contributed by atoms with Crippen LogP contribution in [-0.4, -0.2) is 12.9 Å². The van der Waals surface area contributed by atoms with Crippen molar-refractivity contribution in [1.29, 1.82) is 0 Å². The van der Waals surface area contributed by atoms with E-state index in [9.17, 15) is 9.18 Å². The number of nitrogens with two attached hydrogens (primary N) is 1. The summed E-state index contributed by atoms with van der Waals surface area (Å²) < 4.78 is 18.6. The molecule has 104 valence electrons. The van der Waals surface area contributed by atoms with Gasteiger partial charge in [-0.3, -0.25) is 4.79 Å². The predicted molar refractivity (Wildman–Crippen MR) is 79.5 cm³/mol. The number of nitrogen functional groups attached to an aromatic ring is 1. The Morgan fingerprint density at radius 1 is 1.35 bits per heavy atom. The average Bonchev–Trinajstić information content (AvgIpc) is 2.43. The first-order chi connectivity index (χ1) is 9.52. The maximum Gasteiger partial charge on any atom is 0.169 e. The average molecular weight is 338 g/mol. The Balaban J connectivity index is 2.26. The lowest BCUT2D eigenvalue weighted by atomic mass is 10.0. The summed E-state index contributed by atoms with van der Waals surface area (Å²) >= 11 is 3.10. The summed E-state index contributed by atoms with van der Waals surface area (Å²) in [6.07, 6.45) is 0.149. The van der Waals surface area contributed by atoms with Crippen LogP contribution in [0.15, 0.2) is 40.9 Å². The zero-order valence-corrected chi connectivity index (χ0v) is 12.4. The van der Waals surface area contributed by atoms with Crippen LogP contribution in [0.3, 0.4) is 0 Å². The van der Waals surface area contributed by atoms with Gasteiger partial charge in [0.2, 0.25) is 0 Å². The minimum absolute atomic E-state index is 0.139. The molecule has 0 aliphatic heterocycles. The fourth-order valence-electron chi connectivity index (χ4n) is 1.90. The van der Waals surface area contributed by atoms with Crippen molar-refractivity contribution in [1.82, 2.24) is 0 Å². The molecule has 2 aromatic carbocycles. The van der Waals surface area contributed by atoms with Crippen LogP contribution in [0.4, 0.5) is 10.1 Å². The minimum Gasteiger partial charge on any atom is -0.495 e. The molecular weight excluding hydrogens is 325 g/mol. The highest BCUT2D eigenvalue weighted by Crippen LogP contribution is 2.26. The van der Waals surface area contributed by atoms with E-state index in [2.05, 4.69) is 15.9 Å². The SMILES string of the molecule is COc1cccc(C(=O)Cc2ccc(F)c(Br)c2)c1N. The molecule has 3 nitrogen and oxygen atoms in total. The lowest BCUT2D eigenvalue weighted by molar-refractivity contribution is 0.0993. The van der Waals surface area contributed by atoms with Crippen molar-refractivity contribution in [2.75, 3.05) is 12.8 Å². The van der Waals surface area contributed by atoms with Crippen LogP contribution < -0.4 is 10.5 Å². The smallest absolute Gasteiger partial charge is 0.169 e. The van der Waals surface area contributed by atoms with Crippen LogP contribution in [0.5, 0.6) is 5.75 Å². The number of carbonyl (C=O) groups excluding carboxylic acids is 1. The number of benzene rings is 2. The van der Waals surface area contributed by atoms with Gasteiger partial charge in [-0.1, -0.05) is 12.1 Å². The Morgan fingerprint density at radius 2 is 2.10 bits per heavy atom. The summed E-state index contributed by atoms with van der Waals surface area (Å²) in [7, 11) is 1.50. The zero-order chi connectivity index (χ0) is 14.7. The molecule has 0 bridgehead atoms. The minimum atomic E-state index is -0.359.